The maximum atomic E-state index is 5.43. The normalized spacial score (nSPS) is 24.7. The average molecular weight is 128 g/mol. The Morgan fingerprint density at radius 1 is 1.44 bits per heavy atom. The van der Waals surface area contributed by atoms with E-state index < -0.39 is 0 Å². The molecule has 54 valence electrons. The van der Waals surface area contributed by atoms with Crippen molar-refractivity contribution in [3.8, 4) is 0 Å². The monoisotopic (exact) mass is 128 g/mol. The van der Waals surface area contributed by atoms with Gasteiger partial charge in [-0.25, -0.2) is 0 Å². The fraction of sp³-hybridized carbons (Fsp3) is 1.00. The zero-order valence-corrected chi connectivity index (χ0v) is 6.11. The molecule has 0 aromatic rings. The van der Waals surface area contributed by atoms with Crippen LogP contribution in [0.4, 0.5) is 0 Å². The lowest BCUT2D eigenvalue weighted by atomic mass is 9.96. The second-order valence-electron chi connectivity index (χ2n) is 2.99. The van der Waals surface area contributed by atoms with Crippen molar-refractivity contribution < 1.29 is 0 Å². The summed E-state index contributed by atoms with van der Waals surface area (Å²) in [6.45, 7) is 2.20. The Bertz CT molecular complexity index is 78.9. The molecule has 0 spiro atoms. The molecule has 0 heterocycles. The molecule has 0 radical (unpaired) electrons. The van der Waals surface area contributed by atoms with Gasteiger partial charge in [0.25, 0.3) is 0 Å². The van der Waals surface area contributed by atoms with Gasteiger partial charge < -0.3 is 0 Å². The van der Waals surface area contributed by atoms with Crippen LogP contribution in [0.5, 0.6) is 0 Å². The van der Waals surface area contributed by atoms with Crippen LogP contribution in [0, 0.1) is 0 Å². The van der Waals surface area contributed by atoms with Crippen LogP contribution in [0.25, 0.3) is 0 Å². The van der Waals surface area contributed by atoms with Gasteiger partial charge in [0.1, 0.15) is 0 Å². The molecule has 2 nitrogen and oxygen atoms in total. The number of rotatable bonds is 2. The fourth-order valence-electron chi connectivity index (χ4n) is 1.65. The van der Waals surface area contributed by atoms with Crippen LogP contribution in [0.1, 0.15) is 39.0 Å². The predicted molar refractivity (Wildman–Crippen MR) is 38.8 cm³/mol. The minimum absolute atomic E-state index is 0.306. The maximum Gasteiger partial charge on any atom is 0.0318 e. The summed E-state index contributed by atoms with van der Waals surface area (Å²) in [6, 6.07) is 0. The molecule has 2 heteroatoms. The molecule has 0 bridgehead atoms. The maximum absolute atomic E-state index is 5.43. The molecular weight excluding hydrogens is 112 g/mol. The molecule has 1 fully saturated rings. The third-order valence-corrected chi connectivity index (χ3v) is 2.54. The van der Waals surface area contributed by atoms with E-state index in [9.17, 15) is 0 Å². The first-order chi connectivity index (χ1) is 4.33. The predicted octanol–water partition coefficient (Wildman–Crippen LogP) is 1.17. The zero-order chi connectivity index (χ0) is 6.74. The lowest BCUT2D eigenvalue weighted by Gasteiger charge is -2.25. The first-order valence-corrected chi connectivity index (χ1v) is 3.81. The molecule has 0 atom stereocenters. The van der Waals surface area contributed by atoms with Crippen LogP contribution in [0.15, 0.2) is 0 Å². The van der Waals surface area contributed by atoms with Crippen molar-refractivity contribution in [3.05, 3.63) is 0 Å². The Hall–Kier alpha value is -0.0800. The Morgan fingerprint density at radius 3 is 2.22 bits per heavy atom. The third-order valence-electron chi connectivity index (χ3n) is 2.54. The highest BCUT2D eigenvalue weighted by molar-refractivity contribution is 4.89. The smallest absolute Gasteiger partial charge is 0.0318 e. The van der Waals surface area contributed by atoms with Gasteiger partial charge in [-0.15, -0.1) is 0 Å². The summed E-state index contributed by atoms with van der Waals surface area (Å²) in [5, 5.41) is 0. The Morgan fingerprint density at radius 2 is 2.00 bits per heavy atom. The first-order valence-electron chi connectivity index (χ1n) is 3.81. The Labute approximate surface area is 56.8 Å². The number of hydrogen-bond donors (Lipinski definition) is 2. The molecule has 0 aliphatic heterocycles. The summed E-state index contributed by atoms with van der Waals surface area (Å²) in [5.41, 5.74) is 3.23. The quantitative estimate of drug-likeness (QED) is 0.433. The zero-order valence-electron chi connectivity index (χ0n) is 6.11. The second-order valence-corrected chi connectivity index (χ2v) is 2.99. The van der Waals surface area contributed by atoms with Crippen LogP contribution in [-0.4, -0.2) is 5.54 Å². The topological polar surface area (TPSA) is 38.0 Å². The van der Waals surface area contributed by atoms with Crippen LogP contribution in [-0.2, 0) is 0 Å². The van der Waals surface area contributed by atoms with Crippen molar-refractivity contribution in [2.45, 2.75) is 44.6 Å². The third kappa shape index (κ3) is 1.25. The molecule has 0 aromatic carbocycles. The number of nitrogens with one attached hydrogen (secondary N) is 1. The summed E-state index contributed by atoms with van der Waals surface area (Å²) in [4.78, 5) is 0. The highest BCUT2D eigenvalue weighted by Crippen LogP contribution is 2.31. The minimum Gasteiger partial charge on any atom is -0.271 e. The number of nitrogens with two attached hydrogens (primary N) is 1. The summed E-state index contributed by atoms with van der Waals surface area (Å²) in [6.07, 6.45) is 6.39. The van der Waals surface area contributed by atoms with E-state index in [1.165, 1.54) is 32.1 Å². The summed E-state index contributed by atoms with van der Waals surface area (Å²) in [5.74, 6) is 5.43. The lowest BCUT2D eigenvalue weighted by molar-refractivity contribution is 0.326. The standard InChI is InChI=1S/C7H16N2/c1-2-7(9-8)5-3-4-6-7/h9H,2-6,8H2,1H3. The van der Waals surface area contributed by atoms with E-state index in [1.54, 1.807) is 0 Å². The van der Waals surface area contributed by atoms with E-state index in [1.807, 2.05) is 0 Å². The first kappa shape index (κ1) is 7.03. The van der Waals surface area contributed by atoms with Gasteiger partial charge in [0, 0.05) is 5.54 Å². The SMILES string of the molecule is CCC1(NN)CCCC1. The highest BCUT2D eigenvalue weighted by atomic mass is 15.3. The van der Waals surface area contributed by atoms with Crippen molar-refractivity contribution in [2.75, 3.05) is 0 Å². The number of hydrogen-bond acceptors (Lipinski definition) is 2. The van der Waals surface area contributed by atoms with Crippen LogP contribution in [0.2, 0.25) is 0 Å². The Kier molecular flexibility index (Phi) is 2.09. The van der Waals surface area contributed by atoms with Gasteiger partial charge in [-0.05, 0) is 19.3 Å². The molecule has 3 N–H and O–H groups in total. The van der Waals surface area contributed by atoms with Crippen LogP contribution in [0.3, 0.4) is 0 Å². The summed E-state index contributed by atoms with van der Waals surface area (Å²) in [7, 11) is 0. The van der Waals surface area contributed by atoms with Crippen molar-refractivity contribution in [1.82, 2.24) is 5.43 Å². The molecule has 0 saturated heterocycles. The van der Waals surface area contributed by atoms with E-state index in [-0.39, 0.29) is 0 Å². The molecule has 1 aliphatic rings. The van der Waals surface area contributed by atoms with Gasteiger partial charge >= 0.3 is 0 Å². The molecule has 0 unspecified atom stereocenters. The van der Waals surface area contributed by atoms with Gasteiger partial charge in [-0.3, -0.25) is 11.3 Å². The van der Waals surface area contributed by atoms with E-state index in [2.05, 4.69) is 12.3 Å². The molecule has 1 rings (SSSR count). The summed E-state index contributed by atoms with van der Waals surface area (Å²) >= 11 is 0. The van der Waals surface area contributed by atoms with Gasteiger partial charge in [-0.1, -0.05) is 19.8 Å². The molecule has 0 amide bonds. The van der Waals surface area contributed by atoms with Crippen LogP contribution >= 0.6 is 0 Å². The van der Waals surface area contributed by atoms with Crippen LogP contribution < -0.4 is 11.3 Å². The Balaban J connectivity index is 2.45. The average Bonchev–Trinajstić information content (AvgIpc) is 2.36. The van der Waals surface area contributed by atoms with E-state index in [0.717, 1.165) is 0 Å². The highest BCUT2D eigenvalue weighted by Gasteiger charge is 2.29. The number of hydrazine groups is 1. The van der Waals surface area contributed by atoms with E-state index >= 15 is 0 Å². The largest absolute Gasteiger partial charge is 0.271 e. The lowest BCUT2D eigenvalue weighted by Crippen LogP contribution is -2.46. The van der Waals surface area contributed by atoms with Gasteiger partial charge in [0.2, 0.25) is 0 Å². The fourth-order valence-corrected chi connectivity index (χ4v) is 1.65. The van der Waals surface area contributed by atoms with Gasteiger partial charge in [-0.2, -0.15) is 0 Å². The van der Waals surface area contributed by atoms with Crippen molar-refractivity contribution >= 4 is 0 Å². The molecular formula is C7H16N2. The van der Waals surface area contributed by atoms with Crippen molar-refractivity contribution in [3.63, 3.8) is 0 Å². The minimum atomic E-state index is 0.306. The van der Waals surface area contributed by atoms with Gasteiger partial charge in [0.15, 0.2) is 0 Å². The molecule has 1 saturated carbocycles. The van der Waals surface area contributed by atoms with E-state index in [4.69, 9.17) is 5.84 Å². The van der Waals surface area contributed by atoms with Crippen molar-refractivity contribution in [2.24, 2.45) is 5.84 Å². The molecule has 0 aromatic heterocycles. The second kappa shape index (κ2) is 2.67. The molecule has 1 aliphatic carbocycles. The summed E-state index contributed by atoms with van der Waals surface area (Å²) < 4.78 is 0. The molecule has 9 heavy (non-hydrogen) atoms. The van der Waals surface area contributed by atoms with Crippen molar-refractivity contribution in [1.29, 1.82) is 0 Å². The van der Waals surface area contributed by atoms with E-state index in [0.29, 0.717) is 5.54 Å². The van der Waals surface area contributed by atoms with Gasteiger partial charge in [0.05, 0.1) is 0 Å².